The van der Waals surface area contributed by atoms with Gasteiger partial charge in [0.05, 0.1) is 0 Å². The van der Waals surface area contributed by atoms with E-state index in [2.05, 4.69) is 180 Å². The molecule has 9 rings (SSSR count). The van der Waals surface area contributed by atoms with Crippen molar-refractivity contribution in [3.63, 3.8) is 0 Å². The highest BCUT2D eigenvalue weighted by atomic mass is 15.1. The normalized spacial score (nSPS) is 13.5. The van der Waals surface area contributed by atoms with Crippen LogP contribution in [0.3, 0.4) is 0 Å². The largest absolute Gasteiger partial charge is 0.311 e. The molecule has 0 atom stereocenters. The van der Waals surface area contributed by atoms with Gasteiger partial charge in [0.15, 0.2) is 0 Å². The summed E-state index contributed by atoms with van der Waals surface area (Å²) in [6, 6.07) is 61.8. The molecule has 0 unspecified atom stereocenters. The lowest BCUT2D eigenvalue weighted by atomic mass is 9.73. The SMILES string of the molecule is c1ccc(N(c2ccccc2)c2ccc(-c3c4c(c(-c5ccc(N(c6ccccc6)c6ccccc6)cc5)c5c3CCCC5)CCCC4)cc2)cc1. The molecular formula is C50H44N2. The molecule has 0 spiro atoms. The summed E-state index contributed by atoms with van der Waals surface area (Å²) in [6.45, 7) is 0. The van der Waals surface area contributed by atoms with Gasteiger partial charge in [-0.2, -0.15) is 0 Å². The molecular weight excluding hydrogens is 629 g/mol. The van der Waals surface area contributed by atoms with Crippen molar-refractivity contribution in [1.29, 1.82) is 0 Å². The first-order valence-electron chi connectivity index (χ1n) is 19.0. The van der Waals surface area contributed by atoms with E-state index < -0.39 is 0 Å². The van der Waals surface area contributed by atoms with Crippen LogP contribution in [0.25, 0.3) is 22.3 Å². The summed E-state index contributed by atoms with van der Waals surface area (Å²) in [4.78, 5) is 4.72. The minimum absolute atomic E-state index is 1.15. The minimum atomic E-state index is 1.15. The van der Waals surface area contributed by atoms with Gasteiger partial charge in [-0.15, -0.1) is 0 Å². The Labute approximate surface area is 308 Å². The van der Waals surface area contributed by atoms with E-state index in [1.807, 2.05) is 0 Å². The van der Waals surface area contributed by atoms with Crippen LogP contribution in [0.1, 0.15) is 47.9 Å². The summed E-state index contributed by atoms with van der Waals surface area (Å²) in [5.74, 6) is 0. The van der Waals surface area contributed by atoms with Crippen molar-refractivity contribution < 1.29 is 0 Å². The van der Waals surface area contributed by atoms with E-state index in [0.29, 0.717) is 0 Å². The Morgan fingerprint density at radius 3 is 0.731 bits per heavy atom. The number of benzene rings is 7. The average Bonchev–Trinajstić information content (AvgIpc) is 3.22. The lowest BCUT2D eigenvalue weighted by Crippen LogP contribution is -2.16. The van der Waals surface area contributed by atoms with E-state index in [1.54, 1.807) is 22.3 Å². The molecule has 2 aliphatic rings. The van der Waals surface area contributed by atoms with Crippen molar-refractivity contribution in [3.8, 4) is 22.3 Å². The summed E-state index contributed by atoms with van der Waals surface area (Å²) < 4.78 is 0. The Hall–Kier alpha value is -5.86. The van der Waals surface area contributed by atoms with Crippen LogP contribution in [0.4, 0.5) is 34.1 Å². The summed E-state index contributed by atoms with van der Waals surface area (Å²) in [6.07, 6.45) is 9.65. The van der Waals surface area contributed by atoms with E-state index in [4.69, 9.17) is 0 Å². The highest BCUT2D eigenvalue weighted by molar-refractivity contribution is 5.87. The molecule has 7 aromatic rings. The molecule has 2 heteroatoms. The summed E-state index contributed by atoms with van der Waals surface area (Å²) in [5.41, 5.74) is 19.2. The molecule has 254 valence electrons. The number of fused-ring (bicyclic) bond motifs is 2. The van der Waals surface area contributed by atoms with Crippen molar-refractivity contribution in [2.24, 2.45) is 0 Å². The molecule has 0 aromatic heterocycles. The fourth-order valence-corrected chi connectivity index (χ4v) is 8.73. The molecule has 0 bridgehead atoms. The molecule has 0 saturated heterocycles. The van der Waals surface area contributed by atoms with Gasteiger partial charge in [0.25, 0.3) is 0 Å². The lowest BCUT2D eigenvalue weighted by Gasteiger charge is -2.32. The van der Waals surface area contributed by atoms with Crippen LogP contribution in [0.15, 0.2) is 170 Å². The van der Waals surface area contributed by atoms with Crippen LogP contribution in [0.2, 0.25) is 0 Å². The highest BCUT2D eigenvalue weighted by Gasteiger charge is 2.28. The second-order valence-corrected chi connectivity index (χ2v) is 14.2. The van der Waals surface area contributed by atoms with Gasteiger partial charge >= 0.3 is 0 Å². The second-order valence-electron chi connectivity index (χ2n) is 14.2. The average molecular weight is 673 g/mol. The molecule has 0 aliphatic heterocycles. The zero-order valence-corrected chi connectivity index (χ0v) is 29.7. The lowest BCUT2D eigenvalue weighted by molar-refractivity contribution is 0.662. The molecule has 0 saturated carbocycles. The van der Waals surface area contributed by atoms with Crippen LogP contribution >= 0.6 is 0 Å². The van der Waals surface area contributed by atoms with Crippen molar-refractivity contribution in [1.82, 2.24) is 0 Å². The number of hydrogen-bond acceptors (Lipinski definition) is 2. The van der Waals surface area contributed by atoms with E-state index >= 15 is 0 Å². The van der Waals surface area contributed by atoms with Gasteiger partial charge in [-0.25, -0.2) is 0 Å². The van der Waals surface area contributed by atoms with Crippen molar-refractivity contribution in [2.75, 3.05) is 9.80 Å². The Bertz CT molecular complexity index is 1980. The van der Waals surface area contributed by atoms with Gasteiger partial charge in [-0.05, 0) is 169 Å². The monoisotopic (exact) mass is 672 g/mol. The molecule has 7 aromatic carbocycles. The molecule has 0 radical (unpaired) electrons. The van der Waals surface area contributed by atoms with Crippen LogP contribution in [-0.4, -0.2) is 0 Å². The predicted octanol–water partition coefficient (Wildman–Crippen LogP) is 13.7. The van der Waals surface area contributed by atoms with Gasteiger partial charge in [-0.3, -0.25) is 0 Å². The molecule has 0 heterocycles. The van der Waals surface area contributed by atoms with Gasteiger partial charge < -0.3 is 9.80 Å². The van der Waals surface area contributed by atoms with Crippen molar-refractivity contribution >= 4 is 34.1 Å². The number of nitrogens with zero attached hydrogens (tertiary/aromatic N) is 2. The molecule has 2 nitrogen and oxygen atoms in total. The van der Waals surface area contributed by atoms with Gasteiger partial charge in [0.1, 0.15) is 0 Å². The fourth-order valence-electron chi connectivity index (χ4n) is 8.73. The summed E-state index contributed by atoms with van der Waals surface area (Å²) in [7, 11) is 0. The standard InChI is InChI=1S/C50H44N2/c1-5-17-39(18-6-1)51(40-19-7-2-8-20-40)43-33-29-37(30-34-43)49-45-25-13-15-27-47(45)50(48-28-16-14-26-46(48)49)38-31-35-44(36-32-38)52(41-21-9-3-10-22-41)42-23-11-4-12-24-42/h1-12,17-24,29-36H,13-16,25-28H2. The number of hydrogen-bond donors (Lipinski definition) is 0. The second kappa shape index (κ2) is 14.4. The molecule has 2 aliphatic carbocycles. The number of para-hydroxylation sites is 4. The fraction of sp³-hybridized carbons (Fsp3) is 0.160. The first-order valence-corrected chi connectivity index (χ1v) is 19.0. The van der Waals surface area contributed by atoms with Crippen molar-refractivity contribution in [3.05, 3.63) is 192 Å². The third-order valence-corrected chi connectivity index (χ3v) is 11.0. The predicted molar refractivity (Wildman–Crippen MR) is 220 cm³/mol. The van der Waals surface area contributed by atoms with Gasteiger partial charge in [0, 0.05) is 34.1 Å². The Balaban J connectivity index is 1.13. The van der Waals surface area contributed by atoms with Crippen LogP contribution in [0, 0.1) is 0 Å². The third kappa shape index (κ3) is 6.09. The Morgan fingerprint density at radius 2 is 0.481 bits per heavy atom. The molecule has 0 amide bonds. The maximum Gasteiger partial charge on any atom is 0.0462 e. The summed E-state index contributed by atoms with van der Waals surface area (Å²) >= 11 is 0. The minimum Gasteiger partial charge on any atom is -0.311 e. The van der Waals surface area contributed by atoms with E-state index in [9.17, 15) is 0 Å². The Morgan fingerprint density at radius 1 is 0.250 bits per heavy atom. The Kier molecular flexibility index (Phi) is 8.88. The summed E-state index contributed by atoms with van der Waals surface area (Å²) in [5, 5.41) is 0. The first-order chi connectivity index (χ1) is 25.8. The van der Waals surface area contributed by atoms with Gasteiger partial charge in [0.2, 0.25) is 0 Å². The smallest absolute Gasteiger partial charge is 0.0462 e. The molecule has 0 fully saturated rings. The van der Waals surface area contributed by atoms with Crippen LogP contribution < -0.4 is 9.80 Å². The molecule has 0 N–H and O–H groups in total. The van der Waals surface area contributed by atoms with E-state index in [-0.39, 0.29) is 0 Å². The molecule has 52 heavy (non-hydrogen) atoms. The zero-order chi connectivity index (χ0) is 34.7. The van der Waals surface area contributed by atoms with Crippen LogP contribution in [0.5, 0.6) is 0 Å². The number of anilines is 6. The highest BCUT2D eigenvalue weighted by Crippen LogP contribution is 2.47. The van der Waals surface area contributed by atoms with Crippen LogP contribution in [-0.2, 0) is 25.7 Å². The van der Waals surface area contributed by atoms with Crippen molar-refractivity contribution in [2.45, 2.75) is 51.4 Å². The zero-order valence-electron chi connectivity index (χ0n) is 29.7. The maximum atomic E-state index is 2.39. The van der Waals surface area contributed by atoms with Gasteiger partial charge in [-0.1, -0.05) is 97.1 Å². The van der Waals surface area contributed by atoms with E-state index in [1.165, 1.54) is 82.1 Å². The quantitative estimate of drug-likeness (QED) is 0.159. The topological polar surface area (TPSA) is 6.48 Å². The number of rotatable bonds is 8. The van der Waals surface area contributed by atoms with E-state index in [0.717, 1.165) is 25.7 Å². The third-order valence-electron chi connectivity index (χ3n) is 11.0. The first kappa shape index (κ1) is 32.1. The maximum absolute atomic E-state index is 2.39.